The van der Waals surface area contributed by atoms with Gasteiger partial charge in [-0.1, -0.05) is 6.07 Å². The molecule has 0 bridgehead atoms. The second kappa shape index (κ2) is 5.04. The summed E-state index contributed by atoms with van der Waals surface area (Å²) in [5, 5.41) is 8.92. The van der Waals surface area contributed by atoms with Gasteiger partial charge in [0.25, 0.3) is 5.91 Å². The zero-order valence-corrected chi connectivity index (χ0v) is 12.1. The molecular weight excluding hydrogens is 280 g/mol. The molecule has 1 heterocycles. The number of nitrogens with zero attached hydrogens (tertiary/aromatic N) is 2. The van der Waals surface area contributed by atoms with Crippen molar-refractivity contribution in [2.24, 2.45) is 0 Å². The number of hydrogen-bond donors (Lipinski definition) is 2. The van der Waals surface area contributed by atoms with Crippen molar-refractivity contribution in [1.82, 2.24) is 15.2 Å². The summed E-state index contributed by atoms with van der Waals surface area (Å²) >= 11 is 0. The van der Waals surface area contributed by atoms with Crippen LogP contribution in [0.5, 0.6) is 0 Å². The first-order chi connectivity index (χ1) is 9.27. The first kappa shape index (κ1) is 14.2. The maximum atomic E-state index is 11.9. The van der Waals surface area contributed by atoms with E-state index in [-0.39, 0.29) is 10.7 Å². The Morgan fingerprint density at radius 3 is 2.55 bits per heavy atom. The predicted molar refractivity (Wildman–Crippen MR) is 73.4 cm³/mol. The molecule has 20 heavy (non-hydrogen) atoms. The second-order valence-corrected chi connectivity index (χ2v) is 6.46. The van der Waals surface area contributed by atoms with Gasteiger partial charge in [-0.25, -0.2) is 13.4 Å². The van der Waals surface area contributed by atoms with E-state index in [4.69, 9.17) is 0 Å². The number of sulfone groups is 1. The van der Waals surface area contributed by atoms with Gasteiger partial charge in [-0.15, -0.1) is 5.10 Å². The van der Waals surface area contributed by atoms with Crippen molar-refractivity contribution >= 4 is 21.4 Å². The standard InChI is InChI=1S/C12H14N4O3S/c1-7-4-5-9(20(3,18)19)6-10(7)14-12(17)11-13-8(2)15-16-11/h4-6H,1-3H3,(H,14,17)(H,13,15,16). The van der Waals surface area contributed by atoms with Crippen molar-refractivity contribution < 1.29 is 13.2 Å². The van der Waals surface area contributed by atoms with E-state index < -0.39 is 15.7 Å². The van der Waals surface area contributed by atoms with Crippen molar-refractivity contribution in [3.63, 3.8) is 0 Å². The van der Waals surface area contributed by atoms with Gasteiger partial charge in [0, 0.05) is 11.9 Å². The summed E-state index contributed by atoms with van der Waals surface area (Å²) in [4.78, 5) is 16.0. The molecule has 2 rings (SSSR count). The van der Waals surface area contributed by atoms with Crippen LogP contribution in [-0.2, 0) is 9.84 Å². The van der Waals surface area contributed by atoms with Crippen molar-refractivity contribution in [3.05, 3.63) is 35.4 Å². The molecule has 0 aliphatic rings. The Balaban J connectivity index is 2.31. The molecule has 0 aliphatic heterocycles. The smallest absolute Gasteiger partial charge is 0.295 e. The van der Waals surface area contributed by atoms with Gasteiger partial charge in [0.15, 0.2) is 9.84 Å². The lowest BCUT2D eigenvalue weighted by Crippen LogP contribution is -2.15. The third-order valence-electron chi connectivity index (χ3n) is 2.69. The molecule has 0 fully saturated rings. The van der Waals surface area contributed by atoms with Gasteiger partial charge in [-0.3, -0.25) is 9.89 Å². The van der Waals surface area contributed by atoms with Gasteiger partial charge in [0.05, 0.1) is 4.90 Å². The molecule has 0 aliphatic carbocycles. The molecule has 0 spiro atoms. The van der Waals surface area contributed by atoms with Crippen LogP contribution >= 0.6 is 0 Å². The maximum absolute atomic E-state index is 11.9. The molecule has 0 atom stereocenters. The number of H-pyrrole nitrogens is 1. The minimum Gasteiger partial charge on any atom is -0.319 e. The van der Waals surface area contributed by atoms with Crippen LogP contribution in [0.25, 0.3) is 0 Å². The van der Waals surface area contributed by atoms with E-state index in [1.54, 1.807) is 19.9 Å². The lowest BCUT2D eigenvalue weighted by atomic mass is 10.2. The SMILES string of the molecule is Cc1nc(C(=O)Nc2cc(S(C)(=O)=O)ccc2C)n[nH]1. The van der Waals surface area contributed by atoms with E-state index in [0.29, 0.717) is 11.5 Å². The van der Waals surface area contributed by atoms with Crippen LogP contribution in [0.15, 0.2) is 23.1 Å². The topological polar surface area (TPSA) is 105 Å². The molecule has 2 N–H and O–H groups in total. The quantitative estimate of drug-likeness (QED) is 0.881. The Hall–Kier alpha value is -2.22. The fourth-order valence-corrected chi connectivity index (χ4v) is 2.24. The van der Waals surface area contributed by atoms with Crippen LogP contribution in [0.1, 0.15) is 22.0 Å². The molecule has 0 radical (unpaired) electrons. The molecule has 106 valence electrons. The van der Waals surface area contributed by atoms with E-state index in [9.17, 15) is 13.2 Å². The van der Waals surface area contributed by atoms with Crippen LogP contribution in [0.2, 0.25) is 0 Å². The summed E-state index contributed by atoms with van der Waals surface area (Å²) in [5.74, 6) is 0.0338. The summed E-state index contributed by atoms with van der Waals surface area (Å²) in [7, 11) is -3.33. The second-order valence-electron chi connectivity index (χ2n) is 4.45. The lowest BCUT2D eigenvalue weighted by Gasteiger charge is -2.08. The van der Waals surface area contributed by atoms with Gasteiger partial charge in [-0.2, -0.15) is 0 Å². The fourth-order valence-electron chi connectivity index (χ4n) is 1.59. The van der Waals surface area contributed by atoms with Crippen molar-refractivity contribution in [1.29, 1.82) is 0 Å². The summed E-state index contributed by atoms with van der Waals surface area (Å²) in [6.07, 6.45) is 1.11. The zero-order valence-electron chi connectivity index (χ0n) is 11.3. The molecule has 8 heteroatoms. The molecule has 1 amide bonds. The molecular formula is C12H14N4O3S. The Kier molecular flexibility index (Phi) is 3.58. The Bertz CT molecular complexity index is 765. The normalized spacial score (nSPS) is 11.3. The van der Waals surface area contributed by atoms with Crippen molar-refractivity contribution in [3.8, 4) is 0 Å². The Morgan fingerprint density at radius 1 is 1.30 bits per heavy atom. The molecule has 0 saturated heterocycles. The summed E-state index contributed by atoms with van der Waals surface area (Å²) in [6, 6.07) is 4.55. The number of amides is 1. The number of benzene rings is 1. The zero-order chi connectivity index (χ0) is 14.9. The highest BCUT2D eigenvalue weighted by Gasteiger charge is 2.15. The number of rotatable bonds is 3. The number of carbonyl (C=O) groups excluding carboxylic acids is 1. The van der Waals surface area contributed by atoms with E-state index in [1.807, 2.05) is 0 Å². The average molecular weight is 294 g/mol. The highest BCUT2D eigenvalue weighted by atomic mass is 32.2. The highest BCUT2D eigenvalue weighted by molar-refractivity contribution is 7.90. The molecule has 1 aromatic heterocycles. The fraction of sp³-hybridized carbons (Fsp3) is 0.250. The first-order valence-corrected chi connectivity index (χ1v) is 7.67. The third kappa shape index (κ3) is 3.02. The third-order valence-corrected chi connectivity index (χ3v) is 3.80. The molecule has 2 aromatic rings. The predicted octanol–water partition coefficient (Wildman–Crippen LogP) is 1.08. The Morgan fingerprint density at radius 2 is 2.00 bits per heavy atom. The lowest BCUT2D eigenvalue weighted by molar-refractivity contribution is 0.101. The van der Waals surface area contributed by atoms with Gasteiger partial charge in [0.2, 0.25) is 5.82 Å². The minimum absolute atomic E-state index is 0.00617. The number of hydrogen-bond acceptors (Lipinski definition) is 5. The van der Waals surface area contributed by atoms with Crippen LogP contribution in [0.4, 0.5) is 5.69 Å². The number of aromatic nitrogens is 3. The van der Waals surface area contributed by atoms with Crippen LogP contribution in [0.3, 0.4) is 0 Å². The number of aromatic amines is 1. The van der Waals surface area contributed by atoms with Crippen LogP contribution in [-0.4, -0.2) is 35.8 Å². The number of aryl methyl sites for hydroxylation is 2. The highest BCUT2D eigenvalue weighted by Crippen LogP contribution is 2.20. The van der Waals surface area contributed by atoms with Gasteiger partial charge in [-0.05, 0) is 31.5 Å². The van der Waals surface area contributed by atoms with E-state index in [2.05, 4.69) is 20.5 Å². The summed E-state index contributed by atoms with van der Waals surface area (Å²) in [6.45, 7) is 3.45. The maximum Gasteiger partial charge on any atom is 0.295 e. The number of nitrogens with one attached hydrogen (secondary N) is 2. The average Bonchev–Trinajstić information content (AvgIpc) is 2.77. The molecule has 7 nitrogen and oxygen atoms in total. The van der Waals surface area contributed by atoms with E-state index in [0.717, 1.165) is 11.8 Å². The van der Waals surface area contributed by atoms with Crippen molar-refractivity contribution in [2.45, 2.75) is 18.7 Å². The molecule has 0 unspecified atom stereocenters. The number of carbonyl (C=O) groups is 1. The molecule has 0 saturated carbocycles. The number of anilines is 1. The minimum atomic E-state index is -3.33. The van der Waals surface area contributed by atoms with E-state index in [1.165, 1.54) is 12.1 Å². The van der Waals surface area contributed by atoms with Crippen molar-refractivity contribution in [2.75, 3.05) is 11.6 Å². The monoisotopic (exact) mass is 294 g/mol. The van der Waals surface area contributed by atoms with Gasteiger partial charge < -0.3 is 5.32 Å². The van der Waals surface area contributed by atoms with Gasteiger partial charge >= 0.3 is 0 Å². The van der Waals surface area contributed by atoms with Gasteiger partial charge in [0.1, 0.15) is 5.82 Å². The Labute approximate surface area is 116 Å². The van der Waals surface area contributed by atoms with Crippen LogP contribution in [0, 0.1) is 13.8 Å². The first-order valence-electron chi connectivity index (χ1n) is 5.78. The molecule has 1 aromatic carbocycles. The van der Waals surface area contributed by atoms with E-state index >= 15 is 0 Å². The van der Waals surface area contributed by atoms with Crippen LogP contribution < -0.4 is 5.32 Å². The largest absolute Gasteiger partial charge is 0.319 e. The summed E-state index contributed by atoms with van der Waals surface area (Å²) < 4.78 is 23.0. The summed E-state index contributed by atoms with van der Waals surface area (Å²) in [5.41, 5.74) is 1.17.